The molecule has 16 nitrogen and oxygen atoms in total. The molecule has 1 saturated carbocycles. The first-order chi connectivity index (χ1) is 20.3. The van der Waals surface area contributed by atoms with Crippen molar-refractivity contribution < 1.29 is 63.2 Å². The minimum absolute atomic E-state index is 0.0233. The molecule has 13 N–H and O–H groups in total. The third-order valence-corrected chi connectivity index (χ3v) is 7.45. The summed E-state index contributed by atoms with van der Waals surface area (Å²) >= 11 is 0. The fourth-order valence-electron chi connectivity index (χ4n) is 5.11. The Labute approximate surface area is 247 Å². The van der Waals surface area contributed by atoms with Crippen molar-refractivity contribution in [3.63, 3.8) is 0 Å². The Kier molecular flexibility index (Phi) is 13.5. The summed E-state index contributed by atoms with van der Waals surface area (Å²) in [4.78, 5) is 12.5. The lowest BCUT2D eigenvalue weighted by atomic mass is 9.83. The van der Waals surface area contributed by atoms with E-state index in [1.165, 1.54) is 7.05 Å². The molecular weight excluding hydrogens is 584 g/mol. The molecule has 2 unspecified atom stereocenters. The van der Waals surface area contributed by atoms with Crippen LogP contribution in [0.25, 0.3) is 0 Å². The lowest BCUT2D eigenvalue weighted by Gasteiger charge is -2.46. The van der Waals surface area contributed by atoms with Gasteiger partial charge in [-0.15, -0.1) is 0 Å². The van der Waals surface area contributed by atoms with Crippen LogP contribution in [0.15, 0.2) is 12.2 Å². The van der Waals surface area contributed by atoms with E-state index in [0.717, 1.165) is 0 Å². The number of nitrogens with one attached hydrogen (secondary N) is 3. The number of aliphatic hydroxyl groups is 6. The standard InChI is InChI=1S/C25H45F2N5O11/c1-30-10-25(26,27)21(38)22(39)32-16-5-15(29)19(20(18(16)37)43-24-17(36)4-13(9-34)41-24)42-23-14(28)3-2-12(40-23)7-31-6-11(35)8-33/h2-3,11-21,23-24,30-31,33-38H,4-10,28-29H2,1H3,(H,32,39)/t11?,12-,13?,14+,15-,16+,17+,18-,19+,20+,21-,23+,24-/m0/s1. The summed E-state index contributed by atoms with van der Waals surface area (Å²) in [6, 6.07) is -3.09. The second-order valence-electron chi connectivity index (χ2n) is 11.0. The predicted octanol–water partition coefficient (Wildman–Crippen LogP) is -5.43. The number of carbonyl (C=O) groups is 1. The SMILES string of the molecule is CNCC(F)(F)[C@@H](O)C(=O)N[C@@H]1C[C@H](N)[C@@H](O[C@H]2O[C@H](CNCC(O)CO)C=C[C@H]2N)[C@H](O[C@@H]2OC(CO)C[C@H]2O)[C@H]1O. The van der Waals surface area contributed by atoms with Gasteiger partial charge in [0, 0.05) is 25.6 Å². The predicted molar refractivity (Wildman–Crippen MR) is 143 cm³/mol. The number of halogens is 2. The number of rotatable bonds is 15. The number of nitrogens with two attached hydrogens (primary N) is 2. The second kappa shape index (κ2) is 16.2. The second-order valence-corrected chi connectivity index (χ2v) is 11.0. The van der Waals surface area contributed by atoms with Crippen LogP contribution in [0.1, 0.15) is 12.8 Å². The van der Waals surface area contributed by atoms with Crippen molar-refractivity contribution >= 4 is 5.91 Å². The Bertz CT molecular complexity index is 912. The molecular formula is C25H45F2N5O11. The van der Waals surface area contributed by atoms with Crippen LogP contribution in [0.2, 0.25) is 0 Å². The van der Waals surface area contributed by atoms with Crippen LogP contribution in [-0.4, -0.2) is 162 Å². The quantitative estimate of drug-likeness (QED) is 0.0755. The van der Waals surface area contributed by atoms with Crippen LogP contribution in [0, 0.1) is 0 Å². The normalized spacial score (nSPS) is 38.2. The van der Waals surface area contributed by atoms with E-state index in [9.17, 15) is 39.1 Å². The number of alkyl halides is 2. The number of hydrogen-bond acceptors (Lipinski definition) is 15. The van der Waals surface area contributed by atoms with Gasteiger partial charge in [-0.3, -0.25) is 4.79 Å². The summed E-state index contributed by atoms with van der Waals surface area (Å²) in [6.45, 7) is -1.50. The van der Waals surface area contributed by atoms with E-state index < -0.39 is 111 Å². The van der Waals surface area contributed by atoms with Crippen molar-refractivity contribution in [2.75, 3.05) is 39.9 Å². The maximum Gasteiger partial charge on any atom is 0.294 e. The molecule has 0 aromatic rings. The Hall–Kier alpha value is -1.49. The van der Waals surface area contributed by atoms with Crippen LogP contribution >= 0.6 is 0 Å². The van der Waals surface area contributed by atoms with Gasteiger partial charge >= 0.3 is 0 Å². The lowest BCUT2D eigenvalue weighted by molar-refractivity contribution is -0.280. The zero-order valence-corrected chi connectivity index (χ0v) is 23.7. The van der Waals surface area contributed by atoms with E-state index in [1.54, 1.807) is 12.2 Å². The Balaban J connectivity index is 1.76. The fourth-order valence-corrected chi connectivity index (χ4v) is 5.11. The number of ether oxygens (including phenoxy) is 4. The minimum Gasteiger partial charge on any atom is -0.394 e. The van der Waals surface area contributed by atoms with E-state index in [0.29, 0.717) is 0 Å². The van der Waals surface area contributed by atoms with Crippen LogP contribution in [0.3, 0.4) is 0 Å². The summed E-state index contributed by atoms with van der Waals surface area (Å²) in [5.41, 5.74) is 12.6. The molecule has 1 saturated heterocycles. The van der Waals surface area contributed by atoms with Gasteiger partial charge < -0.3 is 77.0 Å². The van der Waals surface area contributed by atoms with Crippen LogP contribution in [0.4, 0.5) is 8.78 Å². The first-order valence-electron chi connectivity index (χ1n) is 14.1. The van der Waals surface area contributed by atoms with Gasteiger partial charge in [0.05, 0.1) is 50.2 Å². The highest BCUT2D eigenvalue weighted by Gasteiger charge is 2.51. The van der Waals surface area contributed by atoms with Crippen molar-refractivity contribution in [1.29, 1.82) is 0 Å². The molecule has 18 heteroatoms. The van der Waals surface area contributed by atoms with Gasteiger partial charge in [0.25, 0.3) is 11.8 Å². The van der Waals surface area contributed by atoms with Gasteiger partial charge in [0.1, 0.15) is 24.4 Å². The van der Waals surface area contributed by atoms with Crippen LogP contribution in [0.5, 0.6) is 0 Å². The summed E-state index contributed by atoms with van der Waals surface area (Å²) in [7, 11) is 1.23. The van der Waals surface area contributed by atoms with Crippen molar-refractivity contribution in [2.45, 2.75) is 98.3 Å². The zero-order chi connectivity index (χ0) is 31.9. The number of carbonyl (C=O) groups excluding carboxylic acids is 1. The summed E-state index contributed by atoms with van der Waals surface area (Å²) < 4.78 is 51.7. The molecule has 0 bridgehead atoms. The minimum atomic E-state index is -3.81. The van der Waals surface area contributed by atoms with Crippen molar-refractivity contribution in [3.8, 4) is 0 Å². The topological polar surface area (TPSA) is 263 Å². The van der Waals surface area contributed by atoms with E-state index in [4.69, 9.17) is 35.5 Å². The van der Waals surface area contributed by atoms with E-state index in [-0.39, 0.29) is 25.9 Å². The first-order valence-corrected chi connectivity index (χ1v) is 14.1. The molecule has 3 aliphatic rings. The average Bonchev–Trinajstić information content (AvgIpc) is 3.33. The lowest BCUT2D eigenvalue weighted by Crippen LogP contribution is -2.67. The van der Waals surface area contributed by atoms with Gasteiger partial charge in [-0.2, -0.15) is 0 Å². The molecule has 0 spiro atoms. The Morgan fingerprint density at radius 2 is 1.79 bits per heavy atom. The maximum atomic E-state index is 14.2. The van der Waals surface area contributed by atoms with E-state index in [2.05, 4.69) is 16.0 Å². The zero-order valence-electron chi connectivity index (χ0n) is 23.7. The van der Waals surface area contributed by atoms with Gasteiger partial charge in [0.15, 0.2) is 18.7 Å². The molecule has 1 aliphatic carbocycles. The largest absolute Gasteiger partial charge is 0.394 e. The molecule has 2 aliphatic heterocycles. The van der Waals surface area contributed by atoms with Gasteiger partial charge in [0.2, 0.25) is 0 Å². The molecule has 3 rings (SSSR count). The van der Waals surface area contributed by atoms with Crippen LogP contribution < -0.4 is 27.4 Å². The molecule has 43 heavy (non-hydrogen) atoms. The van der Waals surface area contributed by atoms with E-state index in [1.807, 2.05) is 0 Å². The molecule has 250 valence electrons. The van der Waals surface area contributed by atoms with Crippen molar-refractivity contribution in [3.05, 3.63) is 12.2 Å². The highest BCUT2D eigenvalue weighted by molar-refractivity contribution is 5.82. The molecule has 0 aromatic carbocycles. The van der Waals surface area contributed by atoms with Gasteiger partial charge in [-0.1, -0.05) is 12.2 Å². The average molecular weight is 630 g/mol. The molecule has 13 atom stereocenters. The maximum absolute atomic E-state index is 14.2. The Morgan fingerprint density at radius 3 is 2.42 bits per heavy atom. The first kappa shape index (κ1) is 36.0. The molecule has 0 radical (unpaired) electrons. The summed E-state index contributed by atoms with van der Waals surface area (Å²) in [5, 5.41) is 66.9. The summed E-state index contributed by atoms with van der Waals surface area (Å²) in [6.07, 6.45) is -9.86. The smallest absolute Gasteiger partial charge is 0.294 e. The van der Waals surface area contributed by atoms with E-state index >= 15 is 0 Å². The van der Waals surface area contributed by atoms with Gasteiger partial charge in [-0.25, -0.2) is 8.78 Å². The third-order valence-electron chi connectivity index (χ3n) is 7.45. The molecule has 0 aromatic heterocycles. The summed E-state index contributed by atoms with van der Waals surface area (Å²) in [5.74, 6) is -5.26. The molecule has 1 amide bonds. The van der Waals surface area contributed by atoms with Gasteiger partial charge in [-0.05, 0) is 13.5 Å². The number of amides is 1. The third kappa shape index (κ3) is 9.50. The highest BCUT2D eigenvalue weighted by Crippen LogP contribution is 2.32. The molecule has 2 heterocycles. The Morgan fingerprint density at radius 1 is 1.09 bits per heavy atom. The number of hydrogen-bond donors (Lipinski definition) is 11. The fraction of sp³-hybridized carbons (Fsp3) is 0.880. The van der Waals surface area contributed by atoms with Crippen LogP contribution in [-0.2, 0) is 23.7 Å². The highest BCUT2D eigenvalue weighted by atomic mass is 19.3. The van der Waals surface area contributed by atoms with Crippen molar-refractivity contribution in [1.82, 2.24) is 16.0 Å². The molecule has 2 fully saturated rings. The number of aliphatic hydroxyl groups excluding tert-OH is 6. The monoisotopic (exact) mass is 629 g/mol. The van der Waals surface area contributed by atoms with Crippen molar-refractivity contribution in [2.24, 2.45) is 11.5 Å².